The van der Waals surface area contributed by atoms with Gasteiger partial charge in [-0.15, -0.1) is 0 Å². The Labute approximate surface area is 125 Å². The second-order valence-electron chi connectivity index (χ2n) is 3.72. The molecule has 4 nitrogen and oxygen atoms in total. The summed E-state index contributed by atoms with van der Waals surface area (Å²) in [5.41, 5.74) is 4.62. The van der Waals surface area contributed by atoms with E-state index in [0.29, 0.717) is 15.2 Å². The van der Waals surface area contributed by atoms with Crippen LogP contribution < -0.4 is 11.1 Å². The number of anilines is 3. The normalized spacial score (nSPS) is 11.4. The molecule has 20 heavy (non-hydrogen) atoms. The van der Waals surface area contributed by atoms with Gasteiger partial charge in [0, 0.05) is 6.07 Å². The number of hydrogen-bond acceptors (Lipinski definition) is 4. The van der Waals surface area contributed by atoms with Gasteiger partial charge in [-0.05, 0) is 28.1 Å². The van der Waals surface area contributed by atoms with Crippen LogP contribution in [0.5, 0.6) is 0 Å². The zero-order valence-corrected chi connectivity index (χ0v) is 12.0. The molecule has 0 aliphatic rings. The fraction of sp³-hybridized carbons (Fsp3) is 0.0909. The molecule has 106 valence electrons. The van der Waals surface area contributed by atoms with Gasteiger partial charge in [-0.25, -0.2) is 4.98 Å². The maximum atomic E-state index is 12.6. The highest BCUT2D eigenvalue weighted by Gasteiger charge is 2.33. The third-order valence-electron chi connectivity index (χ3n) is 2.25. The van der Waals surface area contributed by atoms with E-state index >= 15 is 0 Å². The number of halogens is 5. The number of hydrogen-bond donors (Lipinski definition) is 2. The monoisotopic (exact) mass is 366 g/mol. The summed E-state index contributed by atoms with van der Waals surface area (Å²) in [5, 5.41) is 3.11. The number of nitrogens with one attached hydrogen (secondary N) is 1. The summed E-state index contributed by atoms with van der Waals surface area (Å²) in [5.74, 6) is -0.548. The average molecular weight is 368 g/mol. The van der Waals surface area contributed by atoms with Gasteiger partial charge in [-0.2, -0.15) is 18.2 Å². The Morgan fingerprint density at radius 1 is 1.25 bits per heavy atom. The van der Waals surface area contributed by atoms with Crippen LogP contribution in [0.1, 0.15) is 5.69 Å². The molecule has 1 aromatic carbocycles. The molecule has 0 spiro atoms. The fourth-order valence-corrected chi connectivity index (χ4v) is 1.95. The van der Waals surface area contributed by atoms with Gasteiger partial charge in [0.1, 0.15) is 5.82 Å². The third kappa shape index (κ3) is 3.31. The first-order chi connectivity index (χ1) is 9.27. The van der Waals surface area contributed by atoms with Crippen LogP contribution >= 0.6 is 27.5 Å². The molecule has 0 fully saturated rings. The van der Waals surface area contributed by atoms with Crippen LogP contribution in [0.25, 0.3) is 0 Å². The lowest BCUT2D eigenvalue weighted by Gasteiger charge is -2.11. The van der Waals surface area contributed by atoms with Crippen molar-refractivity contribution in [1.82, 2.24) is 9.97 Å². The first-order valence-electron chi connectivity index (χ1n) is 5.20. The van der Waals surface area contributed by atoms with Crippen LogP contribution in [-0.4, -0.2) is 9.97 Å². The second kappa shape index (κ2) is 5.45. The number of aromatic nitrogens is 2. The van der Waals surface area contributed by atoms with Crippen molar-refractivity contribution in [2.45, 2.75) is 6.18 Å². The summed E-state index contributed by atoms with van der Waals surface area (Å²) in [6.45, 7) is 0. The maximum Gasteiger partial charge on any atom is 0.433 e. The molecule has 3 N–H and O–H groups in total. The van der Waals surface area contributed by atoms with Gasteiger partial charge in [0.05, 0.1) is 15.2 Å². The van der Waals surface area contributed by atoms with Gasteiger partial charge < -0.3 is 11.1 Å². The number of rotatable bonds is 2. The number of alkyl halides is 3. The van der Waals surface area contributed by atoms with Crippen molar-refractivity contribution < 1.29 is 13.2 Å². The minimum absolute atomic E-state index is 0.0761. The molecular weight excluding hydrogens is 360 g/mol. The Bertz CT molecular complexity index is 648. The molecule has 1 heterocycles. The van der Waals surface area contributed by atoms with Crippen LogP contribution in [0.3, 0.4) is 0 Å². The molecule has 0 aliphatic carbocycles. The van der Waals surface area contributed by atoms with Crippen LogP contribution in [0.2, 0.25) is 5.02 Å². The Kier molecular flexibility index (Phi) is 4.05. The number of nitrogens with zero attached hydrogens (tertiary/aromatic N) is 2. The molecule has 2 rings (SSSR count). The van der Waals surface area contributed by atoms with E-state index in [9.17, 15) is 13.2 Å². The Hall–Kier alpha value is -1.54. The number of benzene rings is 1. The van der Waals surface area contributed by atoms with Crippen molar-refractivity contribution in [2.24, 2.45) is 0 Å². The van der Waals surface area contributed by atoms with Gasteiger partial charge in [0.2, 0.25) is 5.95 Å². The summed E-state index contributed by atoms with van der Waals surface area (Å²) in [4.78, 5) is 6.86. The van der Waals surface area contributed by atoms with Crippen LogP contribution in [-0.2, 0) is 6.18 Å². The average Bonchev–Trinajstić information content (AvgIpc) is 2.33. The highest BCUT2D eigenvalue weighted by Crippen LogP contribution is 2.33. The molecule has 0 amide bonds. The highest BCUT2D eigenvalue weighted by molar-refractivity contribution is 9.10. The zero-order valence-electron chi connectivity index (χ0n) is 9.67. The van der Waals surface area contributed by atoms with Gasteiger partial charge in [-0.1, -0.05) is 17.7 Å². The smallest absolute Gasteiger partial charge is 0.368 e. The predicted octanol–water partition coefficient (Wildman–Crippen LogP) is 4.24. The lowest BCUT2D eigenvalue weighted by Crippen LogP contribution is -2.12. The highest BCUT2D eigenvalue weighted by atomic mass is 79.9. The summed E-state index contributed by atoms with van der Waals surface area (Å²) in [6.07, 6.45) is -4.60. The lowest BCUT2D eigenvalue weighted by atomic mass is 10.3. The Morgan fingerprint density at radius 2 is 1.95 bits per heavy atom. The SMILES string of the molecule is Nc1nc(Nc2cccc(Cl)c2Br)cc(C(F)(F)F)n1. The fourth-order valence-electron chi connectivity index (χ4n) is 1.41. The van der Waals surface area contributed by atoms with Gasteiger partial charge in [0.25, 0.3) is 0 Å². The van der Waals surface area contributed by atoms with E-state index in [0.717, 1.165) is 6.07 Å². The Morgan fingerprint density at radius 3 is 2.60 bits per heavy atom. The quantitative estimate of drug-likeness (QED) is 0.833. The molecular formula is C11H7BrClF3N4. The molecule has 2 aromatic rings. The molecule has 0 unspecified atom stereocenters. The number of nitrogens with two attached hydrogens (primary N) is 1. The number of nitrogen functional groups attached to an aromatic ring is 1. The topological polar surface area (TPSA) is 63.8 Å². The molecule has 1 aromatic heterocycles. The molecule has 0 saturated heterocycles. The first kappa shape index (κ1) is 14.9. The lowest BCUT2D eigenvalue weighted by molar-refractivity contribution is -0.141. The molecule has 9 heteroatoms. The van der Waals surface area contributed by atoms with E-state index in [2.05, 4.69) is 31.2 Å². The van der Waals surface area contributed by atoms with E-state index in [4.69, 9.17) is 17.3 Å². The van der Waals surface area contributed by atoms with E-state index in [1.165, 1.54) is 0 Å². The standard InChI is InChI=1S/C11H7BrClF3N4/c12-9-5(13)2-1-3-6(9)18-8-4-7(11(14,15)16)19-10(17)20-8/h1-4H,(H3,17,18,19,20). The van der Waals surface area contributed by atoms with Crippen molar-refractivity contribution in [2.75, 3.05) is 11.1 Å². The molecule has 0 bridgehead atoms. The van der Waals surface area contributed by atoms with Crippen molar-refractivity contribution >= 4 is 45.0 Å². The third-order valence-corrected chi connectivity index (χ3v) is 3.65. The predicted molar refractivity (Wildman–Crippen MR) is 73.9 cm³/mol. The van der Waals surface area contributed by atoms with E-state index in [1.54, 1.807) is 18.2 Å². The summed E-state index contributed by atoms with van der Waals surface area (Å²) in [6, 6.07) is 5.67. The van der Waals surface area contributed by atoms with Gasteiger partial charge in [-0.3, -0.25) is 0 Å². The van der Waals surface area contributed by atoms with Gasteiger partial charge in [0.15, 0.2) is 5.69 Å². The first-order valence-corrected chi connectivity index (χ1v) is 6.37. The summed E-state index contributed by atoms with van der Waals surface area (Å²) in [7, 11) is 0. The van der Waals surface area contributed by atoms with Crippen molar-refractivity contribution in [1.29, 1.82) is 0 Å². The summed E-state index contributed by atoms with van der Waals surface area (Å²) < 4.78 is 38.4. The summed E-state index contributed by atoms with van der Waals surface area (Å²) >= 11 is 9.11. The molecule has 0 aliphatic heterocycles. The Balaban J connectivity index is 2.39. The van der Waals surface area contributed by atoms with E-state index < -0.39 is 17.8 Å². The van der Waals surface area contributed by atoms with Crippen LogP contribution in [0.15, 0.2) is 28.7 Å². The maximum absolute atomic E-state index is 12.6. The van der Waals surface area contributed by atoms with Crippen molar-refractivity contribution in [3.63, 3.8) is 0 Å². The van der Waals surface area contributed by atoms with Crippen LogP contribution in [0.4, 0.5) is 30.6 Å². The second-order valence-corrected chi connectivity index (χ2v) is 4.92. The van der Waals surface area contributed by atoms with Crippen molar-refractivity contribution in [3.05, 3.63) is 39.5 Å². The minimum atomic E-state index is -4.60. The molecule has 0 atom stereocenters. The zero-order chi connectivity index (χ0) is 14.9. The van der Waals surface area contributed by atoms with Crippen LogP contribution in [0, 0.1) is 0 Å². The van der Waals surface area contributed by atoms with E-state index in [1.807, 2.05) is 0 Å². The largest absolute Gasteiger partial charge is 0.433 e. The molecule has 0 saturated carbocycles. The van der Waals surface area contributed by atoms with E-state index in [-0.39, 0.29) is 5.82 Å². The molecule has 0 radical (unpaired) electrons. The van der Waals surface area contributed by atoms with Crippen molar-refractivity contribution in [3.8, 4) is 0 Å². The van der Waals surface area contributed by atoms with Gasteiger partial charge >= 0.3 is 6.18 Å². The minimum Gasteiger partial charge on any atom is -0.368 e.